The van der Waals surface area contributed by atoms with E-state index in [0.29, 0.717) is 11.6 Å². The molecule has 0 spiro atoms. The van der Waals surface area contributed by atoms with Crippen molar-refractivity contribution in [1.29, 1.82) is 0 Å². The SMILES string of the molecule is CC(=O)N(CCNC(=O)c1ccc(Br)cc1)c1ccc(F)cc1F. The number of amides is 2. The molecule has 0 saturated carbocycles. The van der Waals surface area contributed by atoms with Crippen LogP contribution in [0.15, 0.2) is 46.9 Å². The van der Waals surface area contributed by atoms with Crippen molar-refractivity contribution in [2.45, 2.75) is 6.92 Å². The molecule has 2 aromatic carbocycles. The molecule has 2 aromatic rings. The molecule has 0 radical (unpaired) electrons. The number of benzene rings is 2. The third kappa shape index (κ3) is 4.61. The summed E-state index contributed by atoms with van der Waals surface area (Å²) < 4.78 is 27.7. The summed E-state index contributed by atoms with van der Waals surface area (Å²) in [5.74, 6) is -2.25. The van der Waals surface area contributed by atoms with Crippen molar-refractivity contribution >= 4 is 33.4 Å². The molecule has 0 unspecified atom stereocenters. The fraction of sp³-hybridized carbons (Fsp3) is 0.176. The van der Waals surface area contributed by atoms with Crippen molar-refractivity contribution in [3.05, 3.63) is 64.1 Å². The predicted octanol–water partition coefficient (Wildman–Crippen LogP) is 3.51. The lowest BCUT2D eigenvalue weighted by Gasteiger charge is -2.22. The van der Waals surface area contributed by atoms with Gasteiger partial charge in [-0.3, -0.25) is 9.59 Å². The maximum atomic E-state index is 13.8. The van der Waals surface area contributed by atoms with Crippen molar-refractivity contribution in [3.63, 3.8) is 0 Å². The van der Waals surface area contributed by atoms with Gasteiger partial charge in [0.25, 0.3) is 5.91 Å². The summed E-state index contributed by atoms with van der Waals surface area (Å²) in [6.45, 7) is 1.48. The highest BCUT2D eigenvalue weighted by molar-refractivity contribution is 9.10. The van der Waals surface area contributed by atoms with E-state index in [1.165, 1.54) is 13.0 Å². The van der Waals surface area contributed by atoms with Crippen molar-refractivity contribution in [2.75, 3.05) is 18.0 Å². The Morgan fingerprint density at radius 2 is 1.79 bits per heavy atom. The van der Waals surface area contributed by atoms with Crippen LogP contribution in [0.25, 0.3) is 0 Å². The monoisotopic (exact) mass is 396 g/mol. The van der Waals surface area contributed by atoms with E-state index in [2.05, 4.69) is 21.2 Å². The molecule has 0 heterocycles. The summed E-state index contributed by atoms with van der Waals surface area (Å²) >= 11 is 3.28. The Kier molecular flexibility index (Phi) is 6.03. The Morgan fingerprint density at radius 3 is 2.38 bits per heavy atom. The lowest BCUT2D eigenvalue weighted by molar-refractivity contribution is -0.116. The van der Waals surface area contributed by atoms with E-state index in [4.69, 9.17) is 0 Å². The van der Waals surface area contributed by atoms with Crippen LogP contribution in [0.1, 0.15) is 17.3 Å². The van der Waals surface area contributed by atoms with E-state index in [9.17, 15) is 18.4 Å². The summed E-state index contributed by atoms with van der Waals surface area (Å²) in [6.07, 6.45) is 0. The second-order valence-electron chi connectivity index (χ2n) is 5.03. The Labute approximate surface area is 146 Å². The summed E-state index contributed by atoms with van der Waals surface area (Å²) in [5.41, 5.74) is 0.447. The zero-order valence-corrected chi connectivity index (χ0v) is 14.4. The zero-order valence-electron chi connectivity index (χ0n) is 12.9. The molecule has 7 heteroatoms. The van der Waals surface area contributed by atoms with Gasteiger partial charge in [-0.25, -0.2) is 8.78 Å². The maximum absolute atomic E-state index is 13.8. The number of nitrogens with one attached hydrogen (secondary N) is 1. The smallest absolute Gasteiger partial charge is 0.251 e. The van der Waals surface area contributed by atoms with Gasteiger partial charge in [-0.15, -0.1) is 0 Å². The molecule has 2 rings (SSSR count). The number of carbonyl (C=O) groups is 2. The third-order valence-electron chi connectivity index (χ3n) is 3.31. The van der Waals surface area contributed by atoms with Gasteiger partial charge in [0.15, 0.2) is 0 Å². The van der Waals surface area contributed by atoms with Crippen LogP contribution in [0.3, 0.4) is 0 Å². The van der Waals surface area contributed by atoms with Gasteiger partial charge in [0.1, 0.15) is 11.6 Å². The van der Waals surface area contributed by atoms with E-state index in [-0.39, 0.29) is 24.7 Å². The molecule has 2 amide bonds. The lowest BCUT2D eigenvalue weighted by Crippen LogP contribution is -2.38. The van der Waals surface area contributed by atoms with Gasteiger partial charge < -0.3 is 10.2 Å². The van der Waals surface area contributed by atoms with Crippen molar-refractivity contribution in [1.82, 2.24) is 5.32 Å². The molecule has 0 aliphatic heterocycles. The molecule has 0 aromatic heterocycles. The van der Waals surface area contributed by atoms with E-state index in [1.54, 1.807) is 24.3 Å². The molecule has 0 aliphatic carbocycles. The highest BCUT2D eigenvalue weighted by atomic mass is 79.9. The standard InChI is InChI=1S/C17H15BrF2N2O2/c1-11(23)22(16-7-6-14(19)10-15(16)20)9-8-21-17(24)12-2-4-13(18)5-3-12/h2-7,10H,8-9H2,1H3,(H,21,24). The van der Waals surface area contributed by atoms with Crippen LogP contribution in [0, 0.1) is 11.6 Å². The summed E-state index contributed by atoms with van der Waals surface area (Å²) in [4.78, 5) is 24.9. The first-order chi connectivity index (χ1) is 11.4. The lowest BCUT2D eigenvalue weighted by atomic mass is 10.2. The van der Waals surface area contributed by atoms with Gasteiger partial charge in [0.05, 0.1) is 5.69 Å². The van der Waals surface area contributed by atoms with Crippen LogP contribution in [-0.2, 0) is 4.79 Å². The minimum Gasteiger partial charge on any atom is -0.350 e. The summed E-state index contributed by atoms with van der Waals surface area (Å²) in [5, 5.41) is 2.66. The fourth-order valence-electron chi connectivity index (χ4n) is 2.13. The van der Waals surface area contributed by atoms with Gasteiger partial charge in [-0.2, -0.15) is 0 Å². The predicted molar refractivity (Wildman–Crippen MR) is 90.9 cm³/mol. The molecule has 0 aliphatic rings. The molecule has 0 saturated heterocycles. The van der Waals surface area contributed by atoms with Gasteiger partial charge in [0.2, 0.25) is 5.91 Å². The van der Waals surface area contributed by atoms with Crippen LogP contribution < -0.4 is 10.2 Å². The summed E-state index contributed by atoms with van der Waals surface area (Å²) in [7, 11) is 0. The molecule has 0 bridgehead atoms. The third-order valence-corrected chi connectivity index (χ3v) is 3.84. The number of halogens is 3. The number of hydrogen-bond donors (Lipinski definition) is 1. The van der Waals surface area contributed by atoms with Crippen molar-refractivity contribution in [3.8, 4) is 0 Å². The van der Waals surface area contributed by atoms with Gasteiger partial charge >= 0.3 is 0 Å². The largest absolute Gasteiger partial charge is 0.350 e. The highest BCUT2D eigenvalue weighted by Crippen LogP contribution is 2.20. The Bertz CT molecular complexity index is 751. The van der Waals surface area contributed by atoms with Gasteiger partial charge in [0, 0.05) is 36.1 Å². The molecule has 1 N–H and O–H groups in total. The molecule has 24 heavy (non-hydrogen) atoms. The first-order valence-corrected chi connectivity index (χ1v) is 7.94. The average molecular weight is 397 g/mol. The topological polar surface area (TPSA) is 49.4 Å². The number of hydrogen-bond acceptors (Lipinski definition) is 2. The minimum absolute atomic E-state index is 0.0261. The first kappa shape index (κ1) is 18.1. The van der Waals surface area contributed by atoms with Crippen LogP contribution in [-0.4, -0.2) is 24.9 Å². The molecular weight excluding hydrogens is 382 g/mol. The van der Waals surface area contributed by atoms with E-state index < -0.39 is 17.5 Å². The van der Waals surface area contributed by atoms with E-state index >= 15 is 0 Å². The quantitative estimate of drug-likeness (QED) is 0.840. The first-order valence-electron chi connectivity index (χ1n) is 7.15. The normalized spacial score (nSPS) is 10.3. The Hall–Kier alpha value is -2.28. The number of anilines is 1. The minimum atomic E-state index is -0.829. The Morgan fingerprint density at radius 1 is 1.12 bits per heavy atom. The van der Waals surface area contributed by atoms with E-state index in [1.807, 2.05) is 0 Å². The summed E-state index contributed by atoms with van der Waals surface area (Å²) in [6, 6.07) is 9.78. The van der Waals surface area contributed by atoms with E-state index in [0.717, 1.165) is 15.4 Å². The molecule has 0 atom stereocenters. The molecular formula is C17H15BrF2N2O2. The zero-order chi connectivity index (χ0) is 17.7. The second-order valence-corrected chi connectivity index (χ2v) is 5.94. The average Bonchev–Trinajstić information content (AvgIpc) is 2.52. The van der Waals surface area contributed by atoms with Crippen LogP contribution >= 0.6 is 15.9 Å². The fourth-order valence-corrected chi connectivity index (χ4v) is 2.40. The number of rotatable bonds is 5. The van der Waals surface area contributed by atoms with Crippen LogP contribution in [0.4, 0.5) is 14.5 Å². The van der Waals surface area contributed by atoms with Gasteiger partial charge in [-0.1, -0.05) is 15.9 Å². The second kappa shape index (κ2) is 8.01. The van der Waals surface area contributed by atoms with Crippen LogP contribution in [0.2, 0.25) is 0 Å². The van der Waals surface area contributed by atoms with Crippen molar-refractivity contribution < 1.29 is 18.4 Å². The molecule has 4 nitrogen and oxygen atoms in total. The molecule has 126 valence electrons. The maximum Gasteiger partial charge on any atom is 0.251 e. The van der Waals surface area contributed by atoms with Crippen LogP contribution in [0.5, 0.6) is 0 Å². The Balaban J connectivity index is 2.00. The van der Waals surface area contributed by atoms with Gasteiger partial charge in [-0.05, 0) is 36.4 Å². The molecule has 0 fully saturated rings. The highest BCUT2D eigenvalue weighted by Gasteiger charge is 2.16. The number of nitrogens with zero attached hydrogens (tertiary/aromatic N) is 1. The van der Waals surface area contributed by atoms with Crippen molar-refractivity contribution in [2.24, 2.45) is 0 Å². The number of carbonyl (C=O) groups excluding carboxylic acids is 2.